The van der Waals surface area contributed by atoms with Crippen molar-refractivity contribution in [1.29, 1.82) is 0 Å². The third kappa shape index (κ3) is 5.05. The molecule has 0 aliphatic rings. The largest absolute Gasteiger partial charge is 0.494 e. The van der Waals surface area contributed by atoms with Crippen molar-refractivity contribution in [1.82, 2.24) is 5.32 Å². The first-order valence-electron chi connectivity index (χ1n) is 5.95. The van der Waals surface area contributed by atoms with E-state index in [0.717, 1.165) is 11.5 Å². The standard InChI is InChI=1S/C13H19NO4/c1-3-17-11-4-6-12(7-5-11)18-9-8-14-10(2)13(15)16/h4-7,10,14H,3,8-9H2,1-2H3,(H,15,16)/t10-/m1/s1. The molecule has 0 radical (unpaired) electrons. The molecule has 18 heavy (non-hydrogen) atoms. The second-order valence-electron chi connectivity index (χ2n) is 3.77. The van der Waals surface area contributed by atoms with E-state index in [2.05, 4.69) is 5.32 Å². The Morgan fingerprint density at radius 1 is 1.28 bits per heavy atom. The SMILES string of the molecule is CCOc1ccc(OCCN[C@H](C)C(=O)O)cc1. The van der Waals surface area contributed by atoms with Gasteiger partial charge in [0.15, 0.2) is 0 Å². The van der Waals surface area contributed by atoms with Gasteiger partial charge in [0.05, 0.1) is 6.61 Å². The summed E-state index contributed by atoms with van der Waals surface area (Å²) in [5, 5.41) is 11.5. The van der Waals surface area contributed by atoms with Gasteiger partial charge in [-0.15, -0.1) is 0 Å². The van der Waals surface area contributed by atoms with Crippen molar-refractivity contribution < 1.29 is 19.4 Å². The van der Waals surface area contributed by atoms with Crippen LogP contribution in [0.15, 0.2) is 24.3 Å². The van der Waals surface area contributed by atoms with Crippen molar-refractivity contribution >= 4 is 5.97 Å². The molecule has 1 rings (SSSR count). The predicted octanol–water partition coefficient (Wildman–Crippen LogP) is 1.53. The van der Waals surface area contributed by atoms with Gasteiger partial charge >= 0.3 is 5.97 Å². The van der Waals surface area contributed by atoms with Crippen molar-refractivity contribution in [3.8, 4) is 11.5 Å². The summed E-state index contributed by atoms with van der Waals surface area (Å²) in [6.07, 6.45) is 0. The van der Waals surface area contributed by atoms with Crippen LogP contribution in [0.1, 0.15) is 13.8 Å². The molecule has 2 N–H and O–H groups in total. The summed E-state index contributed by atoms with van der Waals surface area (Å²) in [7, 11) is 0. The number of carboxylic acid groups (broad SMARTS) is 1. The first-order valence-corrected chi connectivity index (χ1v) is 5.95. The number of aliphatic carboxylic acids is 1. The van der Waals surface area contributed by atoms with Gasteiger partial charge < -0.3 is 19.9 Å². The van der Waals surface area contributed by atoms with Gasteiger partial charge in [-0.1, -0.05) is 0 Å². The Kier molecular flexibility index (Phi) is 6.00. The summed E-state index contributed by atoms with van der Waals surface area (Å²) in [6, 6.07) is 6.77. The zero-order valence-corrected chi connectivity index (χ0v) is 10.7. The Morgan fingerprint density at radius 3 is 2.33 bits per heavy atom. The van der Waals surface area contributed by atoms with Crippen molar-refractivity contribution in [3.63, 3.8) is 0 Å². The average Bonchev–Trinajstić information content (AvgIpc) is 2.36. The molecule has 0 aromatic heterocycles. The molecule has 5 heteroatoms. The number of ether oxygens (including phenoxy) is 2. The smallest absolute Gasteiger partial charge is 0.320 e. The Balaban J connectivity index is 2.25. The van der Waals surface area contributed by atoms with Gasteiger partial charge in [-0.05, 0) is 38.1 Å². The van der Waals surface area contributed by atoms with Crippen LogP contribution >= 0.6 is 0 Å². The van der Waals surface area contributed by atoms with Crippen molar-refractivity contribution in [2.24, 2.45) is 0 Å². The van der Waals surface area contributed by atoms with Crippen LogP contribution in [0.25, 0.3) is 0 Å². The maximum absolute atomic E-state index is 10.5. The van der Waals surface area contributed by atoms with E-state index in [1.807, 2.05) is 31.2 Å². The molecular weight excluding hydrogens is 234 g/mol. The van der Waals surface area contributed by atoms with Crippen molar-refractivity contribution in [2.75, 3.05) is 19.8 Å². The van der Waals surface area contributed by atoms with Crippen LogP contribution < -0.4 is 14.8 Å². The zero-order valence-electron chi connectivity index (χ0n) is 10.7. The lowest BCUT2D eigenvalue weighted by Gasteiger charge is -2.10. The van der Waals surface area contributed by atoms with Gasteiger partial charge in [-0.2, -0.15) is 0 Å². The van der Waals surface area contributed by atoms with E-state index < -0.39 is 12.0 Å². The fourth-order valence-corrected chi connectivity index (χ4v) is 1.33. The summed E-state index contributed by atoms with van der Waals surface area (Å²) >= 11 is 0. The van der Waals surface area contributed by atoms with Crippen LogP contribution in [0.2, 0.25) is 0 Å². The summed E-state index contributed by atoms with van der Waals surface area (Å²) in [4.78, 5) is 10.5. The minimum absolute atomic E-state index is 0.422. The lowest BCUT2D eigenvalue weighted by atomic mass is 10.3. The number of rotatable bonds is 8. The molecule has 0 aliphatic heterocycles. The average molecular weight is 253 g/mol. The minimum atomic E-state index is -0.865. The highest BCUT2D eigenvalue weighted by Crippen LogP contribution is 2.17. The highest BCUT2D eigenvalue weighted by atomic mass is 16.5. The van der Waals surface area contributed by atoms with Gasteiger partial charge in [-0.3, -0.25) is 4.79 Å². The van der Waals surface area contributed by atoms with Crippen molar-refractivity contribution in [2.45, 2.75) is 19.9 Å². The Morgan fingerprint density at radius 2 is 1.83 bits per heavy atom. The van der Waals surface area contributed by atoms with Crippen LogP contribution in [0, 0.1) is 0 Å². The fraction of sp³-hybridized carbons (Fsp3) is 0.462. The lowest BCUT2D eigenvalue weighted by Crippen LogP contribution is -2.36. The highest BCUT2D eigenvalue weighted by molar-refractivity contribution is 5.72. The monoisotopic (exact) mass is 253 g/mol. The molecule has 100 valence electrons. The van der Waals surface area contributed by atoms with Gasteiger partial charge in [0.1, 0.15) is 24.1 Å². The summed E-state index contributed by atoms with van der Waals surface area (Å²) in [5.41, 5.74) is 0. The zero-order chi connectivity index (χ0) is 13.4. The first kappa shape index (κ1) is 14.3. The third-order valence-corrected chi connectivity index (χ3v) is 2.33. The molecule has 1 aromatic carbocycles. The van der Waals surface area contributed by atoms with E-state index >= 15 is 0 Å². The van der Waals surface area contributed by atoms with E-state index in [9.17, 15) is 4.79 Å². The Labute approximate surface area is 107 Å². The molecule has 0 fully saturated rings. The molecule has 0 spiro atoms. The molecule has 0 unspecified atom stereocenters. The summed E-state index contributed by atoms with van der Waals surface area (Å²) in [5.74, 6) is 0.682. The summed E-state index contributed by atoms with van der Waals surface area (Å²) < 4.78 is 10.8. The van der Waals surface area contributed by atoms with Crippen LogP contribution in [-0.4, -0.2) is 36.9 Å². The number of hydrogen-bond acceptors (Lipinski definition) is 4. The minimum Gasteiger partial charge on any atom is -0.494 e. The molecule has 0 saturated heterocycles. The van der Waals surface area contributed by atoms with Gasteiger partial charge in [0.25, 0.3) is 0 Å². The molecule has 0 bridgehead atoms. The normalized spacial score (nSPS) is 11.9. The van der Waals surface area contributed by atoms with E-state index in [-0.39, 0.29) is 0 Å². The molecule has 0 heterocycles. The highest BCUT2D eigenvalue weighted by Gasteiger charge is 2.08. The molecule has 0 saturated carbocycles. The molecular formula is C13H19NO4. The number of nitrogens with one attached hydrogen (secondary N) is 1. The number of carbonyl (C=O) groups is 1. The number of carboxylic acids is 1. The lowest BCUT2D eigenvalue weighted by molar-refractivity contribution is -0.139. The van der Waals surface area contributed by atoms with E-state index in [4.69, 9.17) is 14.6 Å². The van der Waals surface area contributed by atoms with Gasteiger partial charge in [0.2, 0.25) is 0 Å². The first-order chi connectivity index (χ1) is 8.63. The van der Waals surface area contributed by atoms with E-state index in [1.165, 1.54) is 0 Å². The van der Waals surface area contributed by atoms with Crippen LogP contribution in [-0.2, 0) is 4.79 Å². The Hall–Kier alpha value is -1.75. The van der Waals surface area contributed by atoms with Crippen molar-refractivity contribution in [3.05, 3.63) is 24.3 Å². The molecule has 5 nitrogen and oxygen atoms in total. The number of benzene rings is 1. The Bertz CT molecular complexity index is 364. The third-order valence-electron chi connectivity index (χ3n) is 2.33. The molecule has 0 amide bonds. The maximum Gasteiger partial charge on any atom is 0.320 e. The molecule has 1 atom stereocenters. The van der Waals surface area contributed by atoms with Crippen LogP contribution in [0.4, 0.5) is 0 Å². The maximum atomic E-state index is 10.5. The number of hydrogen-bond donors (Lipinski definition) is 2. The van der Waals surface area contributed by atoms with Crippen LogP contribution in [0.3, 0.4) is 0 Å². The fourth-order valence-electron chi connectivity index (χ4n) is 1.33. The molecule has 1 aromatic rings. The second-order valence-corrected chi connectivity index (χ2v) is 3.77. The van der Waals surface area contributed by atoms with Crippen LogP contribution in [0.5, 0.6) is 11.5 Å². The summed E-state index contributed by atoms with van der Waals surface area (Å²) in [6.45, 7) is 5.07. The predicted molar refractivity (Wildman–Crippen MR) is 68.2 cm³/mol. The second kappa shape index (κ2) is 7.55. The van der Waals surface area contributed by atoms with Gasteiger partial charge in [-0.25, -0.2) is 0 Å². The quantitative estimate of drug-likeness (QED) is 0.688. The van der Waals surface area contributed by atoms with Gasteiger partial charge in [0, 0.05) is 6.54 Å². The topological polar surface area (TPSA) is 67.8 Å². The van der Waals surface area contributed by atoms with E-state index in [1.54, 1.807) is 6.92 Å². The molecule has 0 aliphatic carbocycles. The van der Waals surface area contributed by atoms with E-state index in [0.29, 0.717) is 19.8 Å².